The summed E-state index contributed by atoms with van der Waals surface area (Å²) >= 11 is 0. The van der Waals surface area contributed by atoms with E-state index in [1.165, 1.54) is 19.1 Å². The van der Waals surface area contributed by atoms with Crippen molar-refractivity contribution in [2.24, 2.45) is 0 Å². The van der Waals surface area contributed by atoms with Crippen LogP contribution in [0.15, 0.2) is 36.4 Å². The number of nitrogens with one attached hydrogen (secondary N) is 1. The van der Waals surface area contributed by atoms with Crippen molar-refractivity contribution in [1.82, 2.24) is 0 Å². The normalized spacial score (nSPS) is 10.3. The highest BCUT2D eigenvalue weighted by molar-refractivity contribution is 5.95. The highest BCUT2D eigenvalue weighted by Crippen LogP contribution is 2.32. The van der Waals surface area contributed by atoms with Crippen LogP contribution in [0.3, 0.4) is 0 Å². The van der Waals surface area contributed by atoms with Gasteiger partial charge in [-0.05, 0) is 41.8 Å². The van der Waals surface area contributed by atoms with E-state index in [1.54, 1.807) is 18.2 Å². The molecule has 0 bridgehead atoms. The molecule has 0 fully saturated rings. The topological polar surface area (TPSA) is 55.1 Å². The lowest BCUT2D eigenvalue weighted by atomic mass is 9.98. The Balaban J connectivity index is 2.53. The predicted molar refractivity (Wildman–Crippen MR) is 75.3 cm³/mol. The quantitative estimate of drug-likeness (QED) is 0.812. The van der Waals surface area contributed by atoms with E-state index in [0.717, 1.165) is 16.7 Å². The van der Waals surface area contributed by atoms with Crippen LogP contribution in [0.4, 0.5) is 15.8 Å². The molecule has 0 aliphatic rings. The number of halogens is 1. The number of anilines is 2. The molecule has 0 atom stereocenters. The van der Waals surface area contributed by atoms with Crippen molar-refractivity contribution in [1.29, 1.82) is 0 Å². The molecule has 0 radical (unpaired) electrons. The summed E-state index contributed by atoms with van der Waals surface area (Å²) < 4.78 is 12.9. The zero-order valence-electron chi connectivity index (χ0n) is 10.8. The fourth-order valence-electron chi connectivity index (χ4n) is 2.02. The van der Waals surface area contributed by atoms with Crippen molar-refractivity contribution in [3.8, 4) is 11.1 Å². The maximum Gasteiger partial charge on any atom is 0.221 e. The maximum atomic E-state index is 12.9. The van der Waals surface area contributed by atoms with Gasteiger partial charge >= 0.3 is 0 Å². The van der Waals surface area contributed by atoms with Crippen LogP contribution >= 0.6 is 0 Å². The molecule has 4 heteroatoms. The molecule has 0 spiro atoms. The second kappa shape index (κ2) is 5.10. The third-order valence-electron chi connectivity index (χ3n) is 2.95. The monoisotopic (exact) mass is 258 g/mol. The number of rotatable bonds is 2. The molecule has 0 saturated heterocycles. The zero-order valence-corrected chi connectivity index (χ0v) is 10.8. The summed E-state index contributed by atoms with van der Waals surface area (Å²) in [5, 5.41) is 2.72. The van der Waals surface area contributed by atoms with E-state index >= 15 is 0 Å². The van der Waals surface area contributed by atoms with Gasteiger partial charge in [-0.15, -0.1) is 0 Å². The highest BCUT2D eigenvalue weighted by Gasteiger charge is 2.10. The summed E-state index contributed by atoms with van der Waals surface area (Å²) in [4.78, 5) is 11.2. The number of hydrogen-bond acceptors (Lipinski definition) is 2. The Labute approximate surface area is 111 Å². The predicted octanol–water partition coefficient (Wildman–Crippen LogP) is 3.34. The summed E-state index contributed by atoms with van der Waals surface area (Å²) in [5.41, 5.74) is 9.64. The van der Waals surface area contributed by atoms with Crippen molar-refractivity contribution in [3.63, 3.8) is 0 Å². The zero-order chi connectivity index (χ0) is 14.0. The van der Waals surface area contributed by atoms with Gasteiger partial charge in [0, 0.05) is 6.92 Å². The third-order valence-corrected chi connectivity index (χ3v) is 2.95. The summed E-state index contributed by atoms with van der Waals surface area (Å²) in [6, 6.07) is 9.81. The fraction of sp³-hybridized carbons (Fsp3) is 0.133. The number of hydrogen-bond donors (Lipinski definition) is 2. The minimum Gasteiger partial charge on any atom is -0.397 e. The number of nitrogens with two attached hydrogens (primary N) is 1. The minimum atomic E-state index is -0.279. The molecule has 2 rings (SSSR count). The van der Waals surface area contributed by atoms with Crippen molar-refractivity contribution in [2.75, 3.05) is 11.1 Å². The average Bonchev–Trinajstić information content (AvgIpc) is 2.36. The first kappa shape index (κ1) is 13.1. The van der Waals surface area contributed by atoms with Crippen LogP contribution < -0.4 is 11.1 Å². The van der Waals surface area contributed by atoms with Crippen molar-refractivity contribution < 1.29 is 9.18 Å². The molecule has 2 aromatic rings. The molecule has 0 unspecified atom stereocenters. The van der Waals surface area contributed by atoms with Gasteiger partial charge in [0.2, 0.25) is 5.91 Å². The lowest BCUT2D eigenvalue weighted by Crippen LogP contribution is -2.10. The fourth-order valence-corrected chi connectivity index (χ4v) is 2.02. The molecule has 2 aromatic carbocycles. The van der Waals surface area contributed by atoms with Crippen molar-refractivity contribution in [2.45, 2.75) is 13.8 Å². The first-order valence-electron chi connectivity index (χ1n) is 5.91. The standard InChI is InChI=1S/C15H15FN2O/c1-9-13(11-3-5-12(16)6-4-11)7-8-14(17)15(9)18-10(2)19/h3-8H,17H2,1-2H3,(H,18,19). The van der Waals surface area contributed by atoms with E-state index in [2.05, 4.69) is 5.32 Å². The van der Waals surface area contributed by atoms with Crippen LogP contribution in [0.25, 0.3) is 11.1 Å². The minimum absolute atomic E-state index is 0.175. The van der Waals surface area contributed by atoms with Crippen LogP contribution in [0.1, 0.15) is 12.5 Å². The number of benzene rings is 2. The SMILES string of the molecule is CC(=O)Nc1c(N)ccc(-c2ccc(F)cc2)c1C. The Morgan fingerprint density at radius 2 is 1.79 bits per heavy atom. The molecular weight excluding hydrogens is 243 g/mol. The summed E-state index contributed by atoms with van der Waals surface area (Å²) in [5.74, 6) is -0.454. The van der Waals surface area contributed by atoms with Gasteiger partial charge in [0.05, 0.1) is 11.4 Å². The van der Waals surface area contributed by atoms with E-state index in [-0.39, 0.29) is 11.7 Å². The molecule has 3 nitrogen and oxygen atoms in total. The highest BCUT2D eigenvalue weighted by atomic mass is 19.1. The van der Waals surface area contributed by atoms with Crippen LogP contribution in [-0.2, 0) is 4.79 Å². The Bertz CT molecular complexity index is 621. The molecule has 0 aromatic heterocycles. The van der Waals surface area contributed by atoms with E-state index < -0.39 is 0 Å². The first-order chi connectivity index (χ1) is 8.99. The van der Waals surface area contributed by atoms with Gasteiger partial charge in [-0.25, -0.2) is 4.39 Å². The van der Waals surface area contributed by atoms with E-state index in [4.69, 9.17) is 5.73 Å². The lowest BCUT2D eigenvalue weighted by Gasteiger charge is -2.14. The number of carbonyl (C=O) groups is 1. The molecule has 3 N–H and O–H groups in total. The lowest BCUT2D eigenvalue weighted by molar-refractivity contribution is -0.114. The number of nitrogen functional groups attached to an aromatic ring is 1. The van der Waals surface area contributed by atoms with Crippen LogP contribution in [0, 0.1) is 12.7 Å². The molecule has 0 heterocycles. The number of carbonyl (C=O) groups excluding carboxylic acids is 1. The first-order valence-corrected chi connectivity index (χ1v) is 5.91. The summed E-state index contributed by atoms with van der Waals surface area (Å²) in [6.45, 7) is 3.31. The molecule has 0 saturated carbocycles. The Morgan fingerprint density at radius 1 is 1.16 bits per heavy atom. The van der Waals surface area contributed by atoms with Gasteiger partial charge in [-0.2, -0.15) is 0 Å². The van der Waals surface area contributed by atoms with Gasteiger partial charge in [0.1, 0.15) is 5.82 Å². The maximum absolute atomic E-state index is 12.9. The molecular formula is C15H15FN2O. The largest absolute Gasteiger partial charge is 0.397 e. The van der Waals surface area contributed by atoms with Gasteiger partial charge in [0.15, 0.2) is 0 Å². The molecule has 19 heavy (non-hydrogen) atoms. The summed E-state index contributed by atoms with van der Waals surface area (Å²) in [6.07, 6.45) is 0. The van der Waals surface area contributed by atoms with Gasteiger partial charge in [0.25, 0.3) is 0 Å². The van der Waals surface area contributed by atoms with Gasteiger partial charge < -0.3 is 11.1 Å². The van der Waals surface area contributed by atoms with Crippen molar-refractivity contribution in [3.05, 3.63) is 47.8 Å². The molecule has 0 aliphatic carbocycles. The van der Waals surface area contributed by atoms with Gasteiger partial charge in [-0.3, -0.25) is 4.79 Å². The van der Waals surface area contributed by atoms with E-state index in [0.29, 0.717) is 11.4 Å². The second-order valence-electron chi connectivity index (χ2n) is 4.39. The van der Waals surface area contributed by atoms with Crippen LogP contribution in [0.2, 0.25) is 0 Å². The van der Waals surface area contributed by atoms with Gasteiger partial charge in [-0.1, -0.05) is 18.2 Å². The van der Waals surface area contributed by atoms with Crippen LogP contribution in [-0.4, -0.2) is 5.91 Å². The third kappa shape index (κ3) is 2.73. The number of amides is 1. The van der Waals surface area contributed by atoms with Crippen molar-refractivity contribution >= 4 is 17.3 Å². The van der Waals surface area contributed by atoms with Crippen LogP contribution in [0.5, 0.6) is 0 Å². The Morgan fingerprint density at radius 3 is 2.37 bits per heavy atom. The average molecular weight is 258 g/mol. The Kier molecular flexibility index (Phi) is 3.51. The molecule has 98 valence electrons. The molecule has 0 aliphatic heterocycles. The second-order valence-corrected chi connectivity index (χ2v) is 4.39. The van der Waals surface area contributed by atoms with E-state index in [1.807, 2.05) is 13.0 Å². The summed E-state index contributed by atoms with van der Waals surface area (Å²) in [7, 11) is 0. The smallest absolute Gasteiger partial charge is 0.221 e. The van der Waals surface area contributed by atoms with E-state index in [9.17, 15) is 9.18 Å². The molecule has 1 amide bonds. The Hall–Kier alpha value is -2.36.